The van der Waals surface area contributed by atoms with E-state index in [1.165, 1.54) is 35.2 Å². The van der Waals surface area contributed by atoms with E-state index >= 15 is 0 Å². The van der Waals surface area contributed by atoms with Crippen molar-refractivity contribution in [2.24, 2.45) is 0 Å². The molecule has 1 aliphatic rings. The van der Waals surface area contributed by atoms with Crippen LogP contribution in [0.3, 0.4) is 0 Å². The summed E-state index contributed by atoms with van der Waals surface area (Å²) in [4.78, 5) is 29.3. The van der Waals surface area contributed by atoms with Crippen LogP contribution < -0.4 is 19.1 Å². The van der Waals surface area contributed by atoms with Crippen molar-refractivity contribution < 1.29 is 31.9 Å². The minimum Gasteiger partial charge on any atom is -0.486 e. The number of benzene rings is 4. The highest BCUT2D eigenvalue weighted by atomic mass is 79.9. The summed E-state index contributed by atoms with van der Waals surface area (Å²) in [7, 11) is -4.40. The molecule has 0 fully saturated rings. The maximum absolute atomic E-state index is 14.4. The average molecular weight is 711 g/mol. The largest absolute Gasteiger partial charge is 0.486 e. The van der Waals surface area contributed by atoms with Crippen molar-refractivity contribution >= 4 is 43.5 Å². The van der Waals surface area contributed by atoms with Gasteiger partial charge in [0.15, 0.2) is 11.5 Å². The Morgan fingerprint density at radius 3 is 2.28 bits per heavy atom. The number of ether oxygens (including phenoxy) is 2. The molecule has 5 rings (SSSR count). The number of amides is 2. The van der Waals surface area contributed by atoms with Crippen molar-refractivity contribution in [2.75, 3.05) is 30.6 Å². The normalized spacial score (nSPS) is 13.0. The molecular formula is C34H33BrFN3O6S. The molecule has 0 spiro atoms. The quantitative estimate of drug-likeness (QED) is 0.213. The first-order chi connectivity index (χ1) is 22.2. The van der Waals surface area contributed by atoms with Gasteiger partial charge in [-0.15, -0.1) is 0 Å². The summed E-state index contributed by atoms with van der Waals surface area (Å²) in [6.07, 6.45) is 0.192. The second-order valence-electron chi connectivity index (χ2n) is 10.5. The van der Waals surface area contributed by atoms with Crippen LogP contribution in [-0.2, 0) is 32.6 Å². The van der Waals surface area contributed by atoms with Gasteiger partial charge >= 0.3 is 0 Å². The fraction of sp³-hybridized carbons (Fsp3) is 0.235. The van der Waals surface area contributed by atoms with Gasteiger partial charge in [-0.3, -0.25) is 13.9 Å². The Labute approximate surface area is 276 Å². The van der Waals surface area contributed by atoms with Crippen molar-refractivity contribution in [1.82, 2.24) is 10.2 Å². The average Bonchev–Trinajstić information content (AvgIpc) is 3.06. The number of likely N-dealkylation sites (N-methyl/N-ethyl adjacent to an activating group) is 1. The maximum Gasteiger partial charge on any atom is 0.264 e. The summed E-state index contributed by atoms with van der Waals surface area (Å²) in [5.74, 6) is -0.911. The molecule has 46 heavy (non-hydrogen) atoms. The van der Waals surface area contributed by atoms with Gasteiger partial charge in [-0.1, -0.05) is 58.4 Å². The number of carbonyl (C=O) groups is 2. The van der Waals surface area contributed by atoms with Crippen LogP contribution in [0.2, 0.25) is 0 Å². The van der Waals surface area contributed by atoms with E-state index in [9.17, 15) is 22.4 Å². The number of carbonyl (C=O) groups excluding carboxylic acids is 2. The number of halogens is 2. The van der Waals surface area contributed by atoms with Gasteiger partial charge in [0.1, 0.15) is 31.6 Å². The fourth-order valence-corrected chi connectivity index (χ4v) is 7.00. The third kappa shape index (κ3) is 7.86. The van der Waals surface area contributed by atoms with E-state index in [2.05, 4.69) is 21.2 Å². The summed E-state index contributed by atoms with van der Waals surface area (Å²) in [6, 6.07) is 24.7. The number of rotatable bonds is 12. The summed E-state index contributed by atoms with van der Waals surface area (Å²) in [5.41, 5.74) is 1.63. The van der Waals surface area contributed by atoms with Gasteiger partial charge in [0.2, 0.25) is 11.8 Å². The molecule has 0 saturated carbocycles. The topological polar surface area (TPSA) is 105 Å². The Balaban J connectivity index is 1.57. The summed E-state index contributed by atoms with van der Waals surface area (Å²) in [5, 5.41) is 2.83. The zero-order valence-corrected chi connectivity index (χ0v) is 27.5. The van der Waals surface area contributed by atoms with Crippen molar-refractivity contribution in [3.63, 3.8) is 0 Å². The molecule has 0 saturated heterocycles. The highest BCUT2D eigenvalue weighted by molar-refractivity contribution is 9.10. The fourth-order valence-electron chi connectivity index (χ4n) is 5.13. The van der Waals surface area contributed by atoms with Crippen molar-refractivity contribution in [3.05, 3.63) is 118 Å². The van der Waals surface area contributed by atoms with Gasteiger partial charge in [-0.05, 0) is 66.6 Å². The van der Waals surface area contributed by atoms with Crippen molar-refractivity contribution in [3.8, 4) is 11.5 Å². The Hall–Kier alpha value is -4.42. The van der Waals surface area contributed by atoms with Crippen LogP contribution in [0.4, 0.5) is 10.1 Å². The molecule has 1 N–H and O–H groups in total. The van der Waals surface area contributed by atoms with E-state index in [-0.39, 0.29) is 41.8 Å². The predicted octanol–water partition coefficient (Wildman–Crippen LogP) is 5.33. The summed E-state index contributed by atoms with van der Waals surface area (Å²) >= 11 is 3.47. The molecule has 0 bridgehead atoms. The van der Waals surface area contributed by atoms with Crippen LogP contribution in [0.5, 0.6) is 11.5 Å². The van der Waals surface area contributed by atoms with Crippen LogP contribution in [-0.4, -0.2) is 57.5 Å². The molecule has 240 valence electrons. The van der Waals surface area contributed by atoms with E-state index in [1.54, 1.807) is 6.92 Å². The van der Waals surface area contributed by atoms with E-state index in [0.29, 0.717) is 18.9 Å². The van der Waals surface area contributed by atoms with Crippen LogP contribution in [0.15, 0.2) is 106 Å². The molecule has 4 aromatic carbocycles. The molecule has 1 aliphatic heterocycles. The number of fused-ring (bicyclic) bond motifs is 1. The van der Waals surface area contributed by atoms with Crippen LogP contribution in [0.1, 0.15) is 18.1 Å². The standard InChI is InChI=1S/C34H33BrFN3O6S/c1-2-37-34(41)30(20-24-7-4-3-5-8-24)38(22-25-9-6-10-26(35)19-25)33(40)23-39(28-13-11-27(36)12-14-28)46(42,43)29-15-16-31-32(21-29)45-18-17-44-31/h3-16,19,21,30H,2,17-18,20,22-23H2,1H3,(H,37,41)/t30-/m0/s1. The monoisotopic (exact) mass is 709 g/mol. The lowest BCUT2D eigenvalue weighted by molar-refractivity contribution is -0.140. The number of sulfonamides is 1. The Morgan fingerprint density at radius 1 is 0.891 bits per heavy atom. The number of hydrogen-bond acceptors (Lipinski definition) is 6. The molecule has 1 heterocycles. The minimum absolute atomic E-state index is 0.0221. The zero-order chi connectivity index (χ0) is 32.7. The van der Waals surface area contributed by atoms with Gasteiger partial charge in [0, 0.05) is 30.0 Å². The van der Waals surface area contributed by atoms with E-state index < -0.39 is 34.3 Å². The summed E-state index contributed by atoms with van der Waals surface area (Å²) in [6.45, 7) is 2.06. The van der Waals surface area contributed by atoms with Crippen molar-refractivity contribution in [2.45, 2.75) is 30.8 Å². The molecule has 4 aromatic rings. The second kappa shape index (κ2) is 14.8. The lowest BCUT2D eigenvalue weighted by Crippen LogP contribution is -2.53. The molecule has 0 radical (unpaired) electrons. The third-order valence-electron chi connectivity index (χ3n) is 7.36. The number of anilines is 1. The molecular weight excluding hydrogens is 677 g/mol. The summed E-state index contributed by atoms with van der Waals surface area (Å²) < 4.78 is 55.3. The molecule has 9 nitrogen and oxygen atoms in total. The second-order valence-corrected chi connectivity index (χ2v) is 13.3. The Bertz CT molecular complexity index is 1790. The number of nitrogens with one attached hydrogen (secondary N) is 1. The van der Waals surface area contributed by atoms with Crippen LogP contribution in [0.25, 0.3) is 0 Å². The number of nitrogens with zero attached hydrogens (tertiary/aromatic N) is 2. The Morgan fingerprint density at radius 2 is 1.59 bits per heavy atom. The van der Waals surface area contributed by atoms with Gasteiger partial charge in [0.25, 0.3) is 10.0 Å². The SMILES string of the molecule is CCNC(=O)[C@H](Cc1ccccc1)N(Cc1cccc(Br)c1)C(=O)CN(c1ccc(F)cc1)S(=O)(=O)c1ccc2c(c1)OCCO2. The smallest absolute Gasteiger partial charge is 0.264 e. The molecule has 12 heteroatoms. The van der Waals surface area contributed by atoms with Crippen molar-refractivity contribution in [1.29, 1.82) is 0 Å². The van der Waals surface area contributed by atoms with Gasteiger partial charge in [0.05, 0.1) is 10.6 Å². The first-order valence-electron chi connectivity index (χ1n) is 14.7. The first-order valence-corrected chi connectivity index (χ1v) is 16.9. The maximum atomic E-state index is 14.4. The van der Waals surface area contributed by atoms with E-state index in [0.717, 1.165) is 32.0 Å². The van der Waals surface area contributed by atoms with E-state index in [1.807, 2.05) is 54.6 Å². The van der Waals surface area contributed by atoms with Crippen LogP contribution >= 0.6 is 15.9 Å². The lowest BCUT2D eigenvalue weighted by Gasteiger charge is -2.34. The van der Waals surface area contributed by atoms with Gasteiger partial charge < -0.3 is 19.7 Å². The first kappa shape index (κ1) is 33.0. The highest BCUT2D eigenvalue weighted by Crippen LogP contribution is 2.34. The predicted molar refractivity (Wildman–Crippen MR) is 176 cm³/mol. The molecule has 1 atom stereocenters. The zero-order valence-electron chi connectivity index (χ0n) is 25.1. The molecule has 0 aromatic heterocycles. The van der Waals surface area contributed by atoms with E-state index in [4.69, 9.17) is 9.47 Å². The third-order valence-corrected chi connectivity index (χ3v) is 9.62. The van der Waals surface area contributed by atoms with Gasteiger partial charge in [-0.2, -0.15) is 0 Å². The molecule has 2 amide bonds. The lowest BCUT2D eigenvalue weighted by atomic mass is 10.0. The van der Waals surface area contributed by atoms with Crippen LogP contribution in [0, 0.1) is 5.82 Å². The highest BCUT2D eigenvalue weighted by Gasteiger charge is 2.35. The minimum atomic E-state index is -4.40. The Kier molecular flexibility index (Phi) is 10.6. The van der Waals surface area contributed by atoms with Gasteiger partial charge in [-0.25, -0.2) is 12.8 Å². The number of hydrogen-bond donors (Lipinski definition) is 1. The molecule has 0 aliphatic carbocycles. The molecule has 0 unspecified atom stereocenters.